The summed E-state index contributed by atoms with van der Waals surface area (Å²) in [6.45, 7) is 0. The third-order valence-electron chi connectivity index (χ3n) is 5.32. The molecular weight excluding hydrogens is 562 g/mol. The van der Waals surface area contributed by atoms with Crippen LogP contribution in [0.25, 0.3) is 10.6 Å². The van der Waals surface area contributed by atoms with Crippen molar-refractivity contribution in [3.8, 4) is 22.2 Å². The Morgan fingerprint density at radius 2 is 1.69 bits per heavy atom. The van der Waals surface area contributed by atoms with E-state index >= 15 is 0 Å². The van der Waals surface area contributed by atoms with Crippen molar-refractivity contribution in [2.45, 2.75) is 5.24 Å². The second-order valence-corrected chi connectivity index (χ2v) is 9.88. The lowest BCUT2D eigenvalue weighted by molar-refractivity contribution is 0.0831. The van der Waals surface area contributed by atoms with E-state index in [9.17, 15) is 14.0 Å². The maximum absolute atomic E-state index is 14.9. The maximum atomic E-state index is 14.9. The molecule has 0 fully saturated rings. The number of carbonyl (C=O) groups excluding carboxylic acids is 2. The van der Waals surface area contributed by atoms with E-state index in [1.807, 2.05) is 0 Å². The zero-order valence-corrected chi connectivity index (χ0v) is 23.6. The summed E-state index contributed by atoms with van der Waals surface area (Å²) in [6.07, 6.45) is 1.40. The van der Waals surface area contributed by atoms with Gasteiger partial charge in [-0.3, -0.25) is 9.59 Å². The number of halogens is 1. The largest absolute Gasteiger partial charge is 0.494 e. The molecule has 1 aromatic carbocycles. The van der Waals surface area contributed by atoms with Gasteiger partial charge in [0.25, 0.3) is 11.8 Å². The fourth-order valence-electron chi connectivity index (χ4n) is 3.53. The van der Waals surface area contributed by atoms with Gasteiger partial charge < -0.3 is 30.3 Å². The highest BCUT2D eigenvalue weighted by atomic mass is 32.1. The predicted molar refractivity (Wildman–Crippen MR) is 157 cm³/mol. The third kappa shape index (κ3) is 7.12. The van der Waals surface area contributed by atoms with E-state index in [1.165, 1.54) is 37.4 Å². The molecule has 0 bridgehead atoms. The van der Waals surface area contributed by atoms with Crippen LogP contribution in [0.1, 0.15) is 20.2 Å². The van der Waals surface area contributed by atoms with Crippen LogP contribution in [0, 0.1) is 5.82 Å². The van der Waals surface area contributed by atoms with Gasteiger partial charge in [0.1, 0.15) is 15.7 Å². The normalized spacial score (nSPS) is 11.0. The van der Waals surface area contributed by atoms with Crippen molar-refractivity contribution in [3.63, 3.8) is 0 Å². The molecule has 3 aromatic heterocycles. The van der Waals surface area contributed by atoms with E-state index < -0.39 is 17.0 Å². The van der Waals surface area contributed by atoms with Crippen LogP contribution in [0.3, 0.4) is 0 Å². The van der Waals surface area contributed by atoms with Crippen molar-refractivity contribution in [1.29, 1.82) is 0 Å². The van der Waals surface area contributed by atoms with E-state index in [1.54, 1.807) is 26.2 Å². The highest BCUT2D eigenvalue weighted by Crippen LogP contribution is 2.41. The number of methoxy groups -OCH3 is 2. The first kappa shape index (κ1) is 30.2. The molecule has 0 atom stereocenters. The average molecular weight is 583 g/mol. The summed E-state index contributed by atoms with van der Waals surface area (Å²) in [5.74, 6) is -0.917. The van der Waals surface area contributed by atoms with Gasteiger partial charge in [-0.15, -0.1) is 31.7 Å². The minimum atomic E-state index is -2.07. The summed E-state index contributed by atoms with van der Waals surface area (Å²) in [5, 5.41) is 22.1. The molecule has 4 aromatic rings. The summed E-state index contributed by atoms with van der Waals surface area (Å²) in [5.41, 5.74) is 0.105. The first-order valence-electron chi connectivity index (χ1n) is 11.9. The number of carbonyl (C=O) groups is 2. The van der Waals surface area contributed by atoms with Gasteiger partial charge in [0.15, 0.2) is 23.1 Å². The van der Waals surface area contributed by atoms with Crippen LogP contribution in [0.5, 0.6) is 11.6 Å². The second-order valence-electron chi connectivity index (χ2n) is 8.85. The van der Waals surface area contributed by atoms with Gasteiger partial charge in [0.2, 0.25) is 5.88 Å². The summed E-state index contributed by atoms with van der Waals surface area (Å²) in [6, 6.07) is 6.91. The monoisotopic (exact) mass is 583 g/mol. The van der Waals surface area contributed by atoms with Gasteiger partial charge in [-0.2, -0.15) is 0 Å². The molecule has 42 heavy (non-hydrogen) atoms. The Kier molecular flexibility index (Phi) is 8.94. The van der Waals surface area contributed by atoms with Gasteiger partial charge in [-0.05, 0) is 12.1 Å². The molecule has 4 rings (SSSR count). The van der Waals surface area contributed by atoms with E-state index in [2.05, 4.69) is 41.3 Å². The first-order chi connectivity index (χ1) is 19.9. The second kappa shape index (κ2) is 12.4. The van der Waals surface area contributed by atoms with Crippen molar-refractivity contribution in [3.05, 3.63) is 52.9 Å². The van der Waals surface area contributed by atoms with Crippen LogP contribution in [-0.2, 0) is 0 Å². The third-order valence-corrected chi connectivity index (χ3v) is 6.34. The van der Waals surface area contributed by atoms with Crippen molar-refractivity contribution >= 4 is 69.7 Å². The molecular formula is C24H21B3FN9O4S. The van der Waals surface area contributed by atoms with E-state index in [4.69, 9.17) is 33.0 Å². The molecule has 0 aliphatic rings. The number of rotatable bonds is 10. The van der Waals surface area contributed by atoms with Crippen LogP contribution >= 0.6 is 11.3 Å². The van der Waals surface area contributed by atoms with Crippen LogP contribution < -0.4 is 25.4 Å². The van der Waals surface area contributed by atoms with Crippen LogP contribution in [0.2, 0.25) is 0 Å². The number of aromatic nitrogens is 5. The lowest BCUT2D eigenvalue weighted by Gasteiger charge is -2.23. The molecule has 0 unspecified atom stereocenters. The van der Waals surface area contributed by atoms with Gasteiger partial charge >= 0.3 is 0 Å². The summed E-state index contributed by atoms with van der Waals surface area (Å²) in [4.78, 5) is 31.4. The Hall–Kier alpha value is -4.73. The number of hydrogen-bond acceptors (Lipinski definition) is 12. The lowest BCUT2D eigenvalue weighted by atomic mass is 9.49. The molecule has 0 spiro atoms. The fraction of sp³-hybridized carbons (Fsp3) is 0.208. The average Bonchev–Trinajstić information content (AvgIpc) is 3.42. The predicted octanol–water partition coefficient (Wildman–Crippen LogP) is 1.58. The number of ether oxygens (including phenoxy) is 2. The molecule has 13 nitrogen and oxygen atoms in total. The van der Waals surface area contributed by atoms with Crippen LogP contribution in [0.4, 0.5) is 27.4 Å². The van der Waals surface area contributed by atoms with Crippen molar-refractivity contribution in [1.82, 2.24) is 35.6 Å². The van der Waals surface area contributed by atoms with Gasteiger partial charge in [0, 0.05) is 32.3 Å². The minimum absolute atomic E-state index is 0.0354. The summed E-state index contributed by atoms with van der Waals surface area (Å²) < 4.78 is 25.6. The fourth-order valence-corrected chi connectivity index (χ4v) is 4.48. The molecule has 6 radical (unpaired) electrons. The molecule has 3 heterocycles. The van der Waals surface area contributed by atoms with Gasteiger partial charge in [-0.25, -0.2) is 9.37 Å². The first-order valence-corrected chi connectivity index (χ1v) is 12.7. The van der Waals surface area contributed by atoms with E-state index in [-0.39, 0.29) is 45.9 Å². The van der Waals surface area contributed by atoms with Crippen molar-refractivity contribution in [2.24, 2.45) is 0 Å². The standard InChI is InChI=1S/C24H21B3FN9O4S/c1-37(2)23(39)15-10-29-22(42-15)12-7-11(28)8-14(20(12)41-4)30-13-9-17(31-16-5-6-18(40-3)35-33-16)34-36-19(13)21(38)32-24(25,26)27/h5-10H,1-4H3,(H,32,38)(H2,30,31,33,34). The van der Waals surface area contributed by atoms with Gasteiger partial charge in [0.05, 0.1) is 60.9 Å². The molecule has 208 valence electrons. The Labute approximate surface area is 247 Å². The van der Waals surface area contributed by atoms with Crippen LogP contribution in [-0.4, -0.2) is 99.2 Å². The Morgan fingerprint density at radius 3 is 2.31 bits per heavy atom. The number of anilines is 4. The van der Waals surface area contributed by atoms with E-state index in [0.717, 1.165) is 17.4 Å². The molecule has 0 aliphatic heterocycles. The molecule has 0 aliphatic carbocycles. The number of hydrogen-bond donors (Lipinski definition) is 3. The summed E-state index contributed by atoms with van der Waals surface area (Å²) >= 11 is 1.06. The zero-order valence-electron chi connectivity index (χ0n) is 22.8. The molecule has 18 heteroatoms. The number of nitrogens with one attached hydrogen (secondary N) is 3. The Balaban J connectivity index is 1.76. The zero-order chi connectivity index (χ0) is 30.6. The SMILES string of the molecule is [B]C([B])([B])NC(=O)c1nnc(Nc2ccc(OC)nn2)cc1Nc1cc(F)cc(-c2ncc(C(=O)N(C)C)s2)c1OC. The number of nitrogens with zero attached hydrogens (tertiary/aromatic N) is 6. The van der Waals surface area contributed by atoms with Gasteiger partial charge in [-0.1, -0.05) is 5.24 Å². The summed E-state index contributed by atoms with van der Waals surface area (Å²) in [7, 11) is 22.7. The minimum Gasteiger partial charge on any atom is -0.494 e. The maximum Gasteiger partial charge on any atom is 0.272 e. The topological polar surface area (TPSA) is 156 Å². The van der Waals surface area contributed by atoms with Crippen molar-refractivity contribution in [2.75, 3.05) is 38.9 Å². The molecule has 0 saturated carbocycles. The molecule has 2 amide bonds. The Bertz CT molecular complexity index is 1620. The molecule has 3 N–H and O–H groups in total. The Morgan fingerprint density at radius 1 is 0.952 bits per heavy atom. The highest BCUT2D eigenvalue weighted by molar-refractivity contribution is 7.17. The quantitative estimate of drug-likeness (QED) is 0.233. The smallest absolute Gasteiger partial charge is 0.272 e. The number of thiazole rings is 1. The molecule has 0 saturated heterocycles. The van der Waals surface area contributed by atoms with E-state index in [0.29, 0.717) is 15.8 Å². The lowest BCUT2D eigenvalue weighted by Crippen LogP contribution is -2.50. The highest BCUT2D eigenvalue weighted by Gasteiger charge is 2.24. The van der Waals surface area contributed by atoms with Crippen molar-refractivity contribution < 1.29 is 23.5 Å². The number of benzene rings is 1. The number of amides is 2. The van der Waals surface area contributed by atoms with Crippen LogP contribution in [0.15, 0.2) is 36.5 Å².